The summed E-state index contributed by atoms with van der Waals surface area (Å²) < 4.78 is 13.2. The first kappa shape index (κ1) is 8.81. The van der Waals surface area contributed by atoms with Crippen molar-refractivity contribution in [1.29, 1.82) is 0 Å². The van der Waals surface area contributed by atoms with Gasteiger partial charge in [-0.25, -0.2) is 4.39 Å². The molecule has 14 heavy (non-hydrogen) atoms. The highest BCUT2D eigenvalue weighted by molar-refractivity contribution is 5.78. The molecule has 0 aliphatic carbocycles. The lowest BCUT2D eigenvalue weighted by Crippen LogP contribution is -1.84. The maximum Gasteiger partial charge on any atom is 0.126 e. The molecule has 1 aromatic heterocycles. The third-order valence-electron chi connectivity index (χ3n) is 2.00. The van der Waals surface area contributed by atoms with E-state index >= 15 is 0 Å². The number of nitrogens with zero attached hydrogens (tertiary/aromatic N) is 2. The van der Waals surface area contributed by atoms with E-state index in [1.165, 1.54) is 6.08 Å². The largest absolute Gasteiger partial charge is 0.253 e. The van der Waals surface area contributed by atoms with Gasteiger partial charge in [0.15, 0.2) is 0 Å². The fraction of sp³-hybridized carbons (Fsp3) is 0.0909. The van der Waals surface area contributed by atoms with Crippen molar-refractivity contribution in [2.24, 2.45) is 0 Å². The zero-order valence-corrected chi connectivity index (χ0v) is 7.74. The molecule has 2 rings (SSSR count). The molecule has 0 aliphatic heterocycles. The predicted octanol–water partition coefficient (Wildman–Crippen LogP) is 2.96. The summed E-state index contributed by atoms with van der Waals surface area (Å²) in [6.45, 7) is 1.66. The van der Waals surface area contributed by atoms with Gasteiger partial charge >= 0.3 is 0 Å². The maximum absolute atomic E-state index is 13.2. The third kappa shape index (κ3) is 1.48. The van der Waals surface area contributed by atoms with Gasteiger partial charge in [-0.3, -0.25) is 9.97 Å². The molecule has 0 radical (unpaired) electrons. The molecule has 0 amide bonds. The van der Waals surface area contributed by atoms with E-state index in [0.717, 1.165) is 5.52 Å². The summed E-state index contributed by atoms with van der Waals surface area (Å²) >= 11 is 0. The number of allylic oxidation sites excluding steroid dienone is 1. The van der Waals surface area contributed by atoms with E-state index in [-0.39, 0.29) is 5.83 Å². The van der Waals surface area contributed by atoms with Gasteiger partial charge in [0.05, 0.1) is 11.0 Å². The lowest BCUT2D eigenvalue weighted by atomic mass is 10.1. The topological polar surface area (TPSA) is 25.8 Å². The van der Waals surface area contributed by atoms with Crippen LogP contribution in [0.25, 0.3) is 16.9 Å². The zero-order chi connectivity index (χ0) is 9.97. The van der Waals surface area contributed by atoms with Crippen LogP contribution < -0.4 is 0 Å². The minimum Gasteiger partial charge on any atom is -0.253 e. The average Bonchev–Trinajstić information content (AvgIpc) is 2.27. The zero-order valence-electron chi connectivity index (χ0n) is 7.74. The highest BCUT2D eigenvalue weighted by Gasteiger charge is 2.01. The SMILES string of the molecule is C/C=C(\F)c1ccc2nccnc2c1. The summed E-state index contributed by atoms with van der Waals surface area (Å²) in [6, 6.07) is 5.16. The van der Waals surface area contributed by atoms with Gasteiger partial charge in [0.2, 0.25) is 0 Å². The summed E-state index contributed by atoms with van der Waals surface area (Å²) in [4.78, 5) is 8.21. The molecule has 0 fully saturated rings. The summed E-state index contributed by atoms with van der Waals surface area (Å²) in [5.41, 5.74) is 2.03. The van der Waals surface area contributed by atoms with Crippen LogP contribution in [0.15, 0.2) is 36.7 Å². The van der Waals surface area contributed by atoms with Crippen LogP contribution in [0, 0.1) is 0 Å². The van der Waals surface area contributed by atoms with Crippen molar-refractivity contribution >= 4 is 16.9 Å². The Morgan fingerprint density at radius 2 is 1.93 bits per heavy atom. The molecule has 0 aliphatic rings. The Morgan fingerprint density at radius 1 is 1.21 bits per heavy atom. The van der Waals surface area contributed by atoms with Crippen molar-refractivity contribution in [3.63, 3.8) is 0 Å². The molecule has 1 aromatic carbocycles. The number of fused-ring (bicyclic) bond motifs is 1. The Labute approximate surface area is 81.1 Å². The standard InChI is InChI=1S/C11H9FN2/c1-2-9(12)8-3-4-10-11(7-8)14-6-5-13-10/h2-7H,1H3/b9-2-. The first-order valence-electron chi connectivity index (χ1n) is 4.34. The van der Waals surface area contributed by atoms with Crippen molar-refractivity contribution in [2.75, 3.05) is 0 Å². The van der Waals surface area contributed by atoms with E-state index in [0.29, 0.717) is 11.1 Å². The first-order chi connectivity index (χ1) is 6.81. The quantitative estimate of drug-likeness (QED) is 0.687. The number of aromatic nitrogens is 2. The number of halogens is 1. The summed E-state index contributed by atoms with van der Waals surface area (Å²) in [5, 5.41) is 0. The minimum atomic E-state index is -0.238. The molecule has 2 aromatic rings. The lowest BCUT2D eigenvalue weighted by molar-refractivity contribution is 0.758. The van der Waals surface area contributed by atoms with Crippen LogP contribution in [0.2, 0.25) is 0 Å². The molecule has 1 heterocycles. The molecule has 3 heteroatoms. The molecular weight excluding hydrogens is 179 g/mol. The second-order valence-corrected chi connectivity index (χ2v) is 2.90. The van der Waals surface area contributed by atoms with Crippen LogP contribution >= 0.6 is 0 Å². The molecule has 0 spiro atoms. The van der Waals surface area contributed by atoms with E-state index in [1.807, 2.05) is 0 Å². The summed E-state index contributed by atoms with van der Waals surface area (Å²) in [6.07, 6.45) is 4.64. The summed E-state index contributed by atoms with van der Waals surface area (Å²) in [5.74, 6) is -0.238. The second kappa shape index (κ2) is 3.54. The van der Waals surface area contributed by atoms with Crippen LogP contribution in [-0.2, 0) is 0 Å². The maximum atomic E-state index is 13.2. The highest BCUT2D eigenvalue weighted by atomic mass is 19.1. The smallest absolute Gasteiger partial charge is 0.126 e. The number of rotatable bonds is 1. The van der Waals surface area contributed by atoms with Crippen LogP contribution in [0.3, 0.4) is 0 Å². The number of hydrogen-bond donors (Lipinski definition) is 0. The number of benzene rings is 1. The fourth-order valence-corrected chi connectivity index (χ4v) is 1.28. The van der Waals surface area contributed by atoms with E-state index < -0.39 is 0 Å². The number of hydrogen-bond acceptors (Lipinski definition) is 2. The van der Waals surface area contributed by atoms with Gasteiger partial charge in [-0.05, 0) is 25.1 Å². The van der Waals surface area contributed by atoms with E-state index in [1.54, 1.807) is 37.5 Å². The van der Waals surface area contributed by atoms with Gasteiger partial charge in [0.1, 0.15) is 5.83 Å². The lowest BCUT2D eigenvalue weighted by Gasteiger charge is -1.99. The van der Waals surface area contributed by atoms with Gasteiger partial charge in [-0.2, -0.15) is 0 Å². The Kier molecular flexibility index (Phi) is 2.23. The Morgan fingerprint density at radius 3 is 2.64 bits per heavy atom. The minimum absolute atomic E-state index is 0.238. The van der Waals surface area contributed by atoms with Gasteiger partial charge in [0, 0.05) is 18.0 Å². The van der Waals surface area contributed by atoms with Gasteiger partial charge in [0.25, 0.3) is 0 Å². The molecule has 0 bridgehead atoms. The molecule has 0 saturated heterocycles. The Hall–Kier alpha value is -1.77. The Balaban J connectivity index is 2.62. The van der Waals surface area contributed by atoms with Crippen LogP contribution in [0.4, 0.5) is 4.39 Å². The van der Waals surface area contributed by atoms with Crippen LogP contribution in [0.1, 0.15) is 12.5 Å². The van der Waals surface area contributed by atoms with Crippen molar-refractivity contribution < 1.29 is 4.39 Å². The van der Waals surface area contributed by atoms with Crippen molar-refractivity contribution in [1.82, 2.24) is 9.97 Å². The van der Waals surface area contributed by atoms with Crippen LogP contribution in [-0.4, -0.2) is 9.97 Å². The van der Waals surface area contributed by atoms with Gasteiger partial charge in [-0.15, -0.1) is 0 Å². The highest BCUT2D eigenvalue weighted by Crippen LogP contribution is 2.19. The molecule has 0 unspecified atom stereocenters. The van der Waals surface area contributed by atoms with Gasteiger partial charge in [-0.1, -0.05) is 6.08 Å². The van der Waals surface area contributed by atoms with Crippen molar-refractivity contribution in [2.45, 2.75) is 6.92 Å². The van der Waals surface area contributed by atoms with Crippen molar-refractivity contribution in [3.05, 3.63) is 42.2 Å². The molecule has 0 atom stereocenters. The predicted molar refractivity (Wildman–Crippen MR) is 54.3 cm³/mol. The molecule has 2 nitrogen and oxygen atoms in total. The summed E-state index contributed by atoms with van der Waals surface area (Å²) in [7, 11) is 0. The second-order valence-electron chi connectivity index (χ2n) is 2.90. The van der Waals surface area contributed by atoms with Gasteiger partial charge < -0.3 is 0 Å². The monoisotopic (exact) mass is 188 g/mol. The normalized spacial score (nSPS) is 12.0. The molecular formula is C11H9FN2. The molecule has 0 saturated carbocycles. The third-order valence-corrected chi connectivity index (χ3v) is 2.00. The molecule has 0 N–H and O–H groups in total. The van der Waals surface area contributed by atoms with E-state index in [9.17, 15) is 4.39 Å². The van der Waals surface area contributed by atoms with E-state index in [4.69, 9.17) is 0 Å². The Bertz CT molecular complexity index is 491. The van der Waals surface area contributed by atoms with Crippen molar-refractivity contribution in [3.8, 4) is 0 Å². The average molecular weight is 188 g/mol. The van der Waals surface area contributed by atoms with E-state index in [2.05, 4.69) is 9.97 Å². The fourth-order valence-electron chi connectivity index (χ4n) is 1.28. The first-order valence-corrected chi connectivity index (χ1v) is 4.34. The molecule has 70 valence electrons. The van der Waals surface area contributed by atoms with Crippen LogP contribution in [0.5, 0.6) is 0 Å².